The third kappa shape index (κ3) is 3.88. The molecule has 1 heterocycles. The van der Waals surface area contributed by atoms with E-state index in [-0.39, 0.29) is 17.7 Å². The predicted octanol–water partition coefficient (Wildman–Crippen LogP) is 3.41. The average Bonchev–Trinajstić information content (AvgIpc) is 2.77. The van der Waals surface area contributed by atoms with Gasteiger partial charge in [-0.15, -0.1) is 0 Å². The number of aryl methyl sites for hydroxylation is 3. The van der Waals surface area contributed by atoms with Crippen LogP contribution in [0.25, 0.3) is 0 Å². The summed E-state index contributed by atoms with van der Waals surface area (Å²) >= 11 is 0. The van der Waals surface area contributed by atoms with Gasteiger partial charge in [0.15, 0.2) is 0 Å². The van der Waals surface area contributed by atoms with Crippen molar-refractivity contribution >= 4 is 5.91 Å². The van der Waals surface area contributed by atoms with Crippen LogP contribution in [0.15, 0.2) is 34.7 Å². The van der Waals surface area contributed by atoms with Crippen LogP contribution < -0.4 is 5.32 Å². The molecule has 0 aliphatic carbocycles. The van der Waals surface area contributed by atoms with Gasteiger partial charge < -0.3 is 14.8 Å². The van der Waals surface area contributed by atoms with Crippen LogP contribution in [0.2, 0.25) is 0 Å². The van der Waals surface area contributed by atoms with E-state index < -0.39 is 0 Å². The summed E-state index contributed by atoms with van der Waals surface area (Å²) in [7, 11) is 0. The number of benzene rings is 1. The van der Waals surface area contributed by atoms with Crippen molar-refractivity contribution in [1.29, 1.82) is 0 Å². The SMILES string of the molecule is Cc1cc([C@H](C)NC(=O)CCc2ccccc2O)c(C)o1. The number of aromatic hydroxyl groups is 1. The molecule has 1 aromatic heterocycles. The molecule has 2 N–H and O–H groups in total. The number of phenolic OH excluding ortho intramolecular Hbond substituents is 1. The Bertz CT molecular complexity index is 631. The molecule has 2 rings (SSSR count). The normalized spacial score (nSPS) is 12.1. The minimum Gasteiger partial charge on any atom is -0.508 e. The molecule has 1 atom stereocenters. The second-order valence-corrected chi connectivity index (χ2v) is 5.29. The molecule has 0 radical (unpaired) electrons. The van der Waals surface area contributed by atoms with Gasteiger partial charge in [-0.25, -0.2) is 0 Å². The van der Waals surface area contributed by atoms with E-state index in [4.69, 9.17) is 4.42 Å². The standard InChI is InChI=1S/C17H21NO3/c1-11-10-15(13(3)21-11)12(2)18-17(20)9-8-14-6-4-5-7-16(14)19/h4-7,10,12,19H,8-9H2,1-3H3,(H,18,20)/t12-/m0/s1. The summed E-state index contributed by atoms with van der Waals surface area (Å²) in [4.78, 5) is 12.0. The summed E-state index contributed by atoms with van der Waals surface area (Å²) in [5.41, 5.74) is 1.79. The maximum absolute atomic E-state index is 12.0. The molecule has 0 spiro atoms. The summed E-state index contributed by atoms with van der Waals surface area (Å²) in [5, 5.41) is 12.6. The maximum atomic E-state index is 12.0. The highest BCUT2D eigenvalue weighted by Gasteiger charge is 2.15. The van der Waals surface area contributed by atoms with Crippen LogP contribution in [0.4, 0.5) is 0 Å². The summed E-state index contributed by atoms with van der Waals surface area (Å²) in [6.07, 6.45) is 0.867. The Morgan fingerprint density at radius 3 is 2.67 bits per heavy atom. The van der Waals surface area contributed by atoms with Crippen LogP contribution in [0.5, 0.6) is 5.75 Å². The number of phenols is 1. The molecule has 0 aliphatic heterocycles. The van der Waals surface area contributed by atoms with Crippen LogP contribution >= 0.6 is 0 Å². The van der Waals surface area contributed by atoms with E-state index in [0.29, 0.717) is 12.8 Å². The van der Waals surface area contributed by atoms with E-state index in [1.165, 1.54) is 0 Å². The highest BCUT2D eigenvalue weighted by molar-refractivity contribution is 5.76. The lowest BCUT2D eigenvalue weighted by Gasteiger charge is -2.13. The van der Waals surface area contributed by atoms with Gasteiger partial charge in [0.25, 0.3) is 0 Å². The molecule has 0 saturated heterocycles. The molecular weight excluding hydrogens is 266 g/mol. The van der Waals surface area contributed by atoms with Crippen LogP contribution in [0, 0.1) is 13.8 Å². The Morgan fingerprint density at radius 2 is 2.05 bits per heavy atom. The zero-order valence-electron chi connectivity index (χ0n) is 12.6. The lowest BCUT2D eigenvalue weighted by molar-refractivity contribution is -0.121. The number of furan rings is 1. The van der Waals surface area contributed by atoms with Crippen molar-refractivity contribution < 1.29 is 14.3 Å². The van der Waals surface area contributed by atoms with Crippen LogP contribution in [-0.2, 0) is 11.2 Å². The molecule has 0 bridgehead atoms. The van der Waals surface area contributed by atoms with Gasteiger partial charge in [0.05, 0.1) is 6.04 Å². The highest BCUT2D eigenvalue weighted by Crippen LogP contribution is 2.22. The molecule has 1 aromatic carbocycles. The van der Waals surface area contributed by atoms with Gasteiger partial charge >= 0.3 is 0 Å². The minimum absolute atomic E-state index is 0.0380. The minimum atomic E-state index is -0.0840. The molecule has 1 amide bonds. The van der Waals surface area contributed by atoms with Crippen molar-refractivity contribution in [1.82, 2.24) is 5.32 Å². The van der Waals surface area contributed by atoms with Crippen LogP contribution in [0.1, 0.15) is 42.0 Å². The Hall–Kier alpha value is -2.23. The van der Waals surface area contributed by atoms with Crippen molar-refractivity contribution in [3.05, 3.63) is 53.0 Å². The smallest absolute Gasteiger partial charge is 0.220 e. The molecule has 0 saturated carbocycles. The van der Waals surface area contributed by atoms with Crippen LogP contribution in [-0.4, -0.2) is 11.0 Å². The lowest BCUT2D eigenvalue weighted by atomic mass is 10.1. The summed E-state index contributed by atoms with van der Waals surface area (Å²) in [6.45, 7) is 5.73. The fourth-order valence-corrected chi connectivity index (χ4v) is 2.44. The fraction of sp³-hybridized carbons (Fsp3) is 0.353. The summed E-state index contributed by atoms with van der Waals surface area (Å²) < 4.78 is 5.48. The molecule has 2 aromatic rings. The Kier molecular flexibility index (Phi) is 4.68. The first-order chi connectivity index (χ1) is 9.97. The molecule has 112 valence electrons. The van der Waals surface area contributed by atoms with E-state index in [0.717, 1.165) is 22.6 Å². The molecule has 21 heavy (non-hydrogen) atoms. The largest absolute Gasteiger partial charge is 0.508 e. The molecule has 0 unspecified atom stereocenters. The Morgan fingerprint density at radius 1 is 1.33 bits per heavy atom. The van der Waals surface area contributed by atoms with Crippen molar-refractivity contribution in [2.75, 3.05) is 0 Å². The second-order valence-electron chi connectivity index (χ2n) is 5.29. The van der Waals surface area contributed by atoms with Gasteiger partial charge in [0, 0.05) is 12.0 Å². The zero-order valence-corrected chi connectivity index (χ0v) is 12.6. The lowest BCUT2D eigenvalue weighted by Crippen LogP contribution is -2.26. The fourth-order valence-electron chi connectivity index (χ4n) is 2.44. The van der Waals surface area contributed by atoms with Crippen molar-refractivity contribution in [3.8, 4) is 5.75 Å². The summed E-state index contributed by atoms with van der Waals surface area (Å²) in [6, 6.07) is 8.95. The van der Waals surface area contributed by atoms with Gasteiger partial charge in [-0.3, -0.25) is 4.79 Å². The Balaban J connectivity index is 1.90. The monoisotopic (exact) mass is 287 g/mol. The van der Waals surface area contributed by atoms with E-state index in [9.17, 15) is 9.90 Å². The number of hydrogen-bond acceptors (Lipinski definition) is 3. The van der Waals surface area contributed by atoms with E-state index >= 15 is 0 Å². The first kappa shape index (κ1) is 15.2. The second kappa shape index (κ2) is 6.48. The third-order valence-electron chi connectivity index (χ3n) is 3.54. The molecule has 0 aliphatic rings. The number of rotatable bonds is 5. The molecular formula is C17H21NO3. The molecule has 4 heteroatoms. The number of hydrogen-bond donors (Lipinski definition) is 2. The van der Waals surface area contributed by atoms with Crippen LogP contribution in [0.3, 0.4) is 0 Å². The number of carbonyl (C=O) groups excluding carboxylic acids is 1. The topological polar surface area (TPSA) is 62.5 Å². The Labute approximate surface area is 124 Å². The first-order valence-corrected chi connectivity index (χ1v) is 7.10. The van der Waals surface area contributed by atoms with Crippen molar-refractivity contribution in [3.63, 3.8) is 0 Å². The highest BCUT2D eigenvalue weighted by atomic mass is 16.3. The number of para-hydroxylation sites is 1. The third-order valence-corrected chi connectivity index (χ3v) is 3.54. The molecule has 4 nitrogen and oxygen atoms in total. The molecule has 0 fully saturated rings. The van der Waals surface area contributed by atoms with E-state index in [1.54, 1.807) is 12.1 Å². The number of carbonyl (C=O) groups is 1. The van der Waals surface area contributed by atoms with Gasteiger partial charge in [0.1, 0.15) is 17.3 Å². The predicted molar refractivity (Wildman–Crippen MR) is 81.2 cm³/mol. The van der Waals surface area contributed by atoms with Gasteiger partial charge in [-0.1, -0.05) is 18.2 Å². The van der Waals surface area contributed by atoms with Gasteiger partial charge in [-0.2, -0.15) is 0 Å². The summed E-state index contributed by atoms with van der Waals surface area (Å²) in [5.74, 6) is 1.88. The number of amides is 1. The van der Waals surface area contributed by atoms with Gasteiger partial charge in [0.2, 0.25) is 5.91 Å². The van der Waals surface area contributed by atoms with Gasteiger partial charge in [-0.05, 0) is 44.9 Å². The van der Waals surface area contributed by atoms with E-state index in [1.807, 2.05) is 39.0 Å². The average molecular weight is 287 g/mol. The maximum Gasteiger partial charge on any atom is 0.220 e. The van der Waals surface area contributed by atoms with Crippen molar-refractivity contribution in [2.24, 2.45) is 0 Å². The first-order valence-electron chi connectivity index (χ1n) is 7.10. The quantitative estimate of drug-likeness (QED) is 0.885. The zero-order chi connectivity index (χ0) is 15.4. The van der Waals surface area contributed by atoms with Crippen molar-refractivity contribution in [2.45, 2.75) is 39.7 Å². The van der Waals surface area contributed by atoms with E-state index in [2.05, 4.69) is 5.32 Å². The number of nitrogens with one attached hydrogen (secondary N) is 1.